The molecule has 1 aromatic heterocycles. The molecule has 1 amide bonds. The molecule has 0 aliphatic rings. The Hall–Kier alpha value is -3.36. The van der Waals surface area contributed by atoms with Crippen LogP contribution in [-0.2, 0) is 11.3 Å². The summed E-state index contributed by atoms with van der Waals surface area (Å²) >= 11 is 0. The monoisotopic (exact) mass is 346 g/mol. The van der Waals surface area contributed by atoms with Gasteiger partial charge in [-0.2, -0.15) is 0 Å². The van der Waals surface area contributed by atoms with E-state index in [1.807, 2.05) is 0 Å². The maximum atomic E-state index is 12.6. The van der Waals surface area contributed by atoms with Crippen molar-refractivity contribution in [3.63, 3.8) is 0 Å². The van der Waals surface area contributed by atoms with Gasteiger partial charge in [0.1, 0.15) is 18.0 Å². The normalized spacial score (nSPS) is 10.2. The quantitative estimate of drug-likeness (QED) is 0.753. The zero-order chi connectivity index (χ0) is 18.4. The second-order valence-corrected chi connectivity index (χ2v) is 5.07. The molecule has 9 nitrogen and oxygen atoms in total. The molecule has 1 heterocycles. The van der Waals surface area contributed by atoms with Gasteiger partial charge in [-0.15, -0.1) is 0 Å². The number of carboxylic acid groups (broad SMARTS) is 1. The first kappa shape index (κ1) is 18.0. The van der Waals surface area contributed by atoms with Gasteiger partial charge in [0.05, 0.1) is 14.2 Å². The highest BCUT2D eigenvalue weighted by Crippen LogP contribution is 2.24. The third kappa shape index (κ3) is 4.56. The average molecular weight is 346 g/mol. The number of hydrogen-bond donors (Lipinski definition) is 2. The number of nitrogens with zero attached hydrogens (tertiary/aromatic N) is 3. The summed E-state index contributed by atoms with van der Waals surface area (Å²) in [6.07, 6.45) is 2.66. The van der Waals surface area contributed by atoms with E-state index in [0.29, 0.717) is 17.1 Å². The summed E-state index contributed by atoms with van der Waals surface area (Å²) < 4.78 is 10.4. The fraction of sp³-hybridized carbons (Fsp3) is 0.250. The first-order valence-corrected chi connectivity index (χ1v) is 7.24. The summed E-state index contributed by atoms with van der Waals surface area (Å²) in [7, 11) is 3.00. The molecule has 0 bridgehead atoms. The van der Waals surface area contributed by atoms with Crippen LogP contribution in [0, 0.1) is 0 Å². The molecule has 2 rings (SSSR count). The van der Waals surface area contributed by atoms with Crippen LogP contribution in [0.5, 0.6) is 11.5 Å². The SMILES string of the molecule is COc1cc(CN(CC(=O)O)C(=O)c2nccnc2N)cc(OC)c1. The van der Waals surface area contributed by atoms with E-state index in [4.69, 9.17) is 20.3 Å². The van der Waals surface area contributed by atoms with Gasteiger partial charge in [-0.25, -0.2) is 9.97 Å². The number of carbonyl (C=O) groups excluding carboxylic acids is 1. The zero-order valence-corrected chi connectivity index (χ0v) is 13.8. The van der Waals surface area contributed by atoms with E-state index in [-0.39, 0.29) is 18.1 Å². The topological polar surface area (TPSA) is 128 Å². The molecule has 1 aromatic carbocycles. The number of carboxylic acids is 1. The van der Waals surface area contributed by atoms with Crippen molar-refractivity contribution in [3.05, 3.63) is 41.9 Å². The molecule has 0 atom stereocenters. The molecule has 9 heteroatoms. The number of aromatic nitrogens is 2. The Morgan fingerprint density at radius 2 is 1.72 bits per heavy atom. The molecule has 0 aliphatic heterocycles. The number of carbonyl (C=O) groups is 2. The van der Waals surface area contributed by atoms with Crippen molar-refractivity contribution in [1.82, 2.24) is 14.9 Å². The van der Waals surface area contributed by atoms with Crippen molar-refractivity contribution in [2.45, 2.75) is 6.54 Å². The maximum absolute atomic E-state index is 12.6. The lowest BCUT2D eigenvalue weighted by molar-refractivity contribution is -0.137. The number of aliphatic carboxylic acids is 1. The predicted molar refractivity (Wildman–Crippen MR) is 88.4 cm³/mol. The summed E-state index contributed by atoms with van der Waals surface area (Å²) in [6, 6.07) is 5.04. The first-order chi connectivity index (χ1) is 11.9. The largest absolute Gasteiger partial charge is 0.497 e. The van der Waals surface area contributed by atoms with E-state index in [2.05, 4.69) is 9.97 Å². The van der Waals surface area contributed by atoms with Crippen LogP contribution < -0.4 is 15.2 Å². The molecule has 0 aliphatic carbocycles. The van der Waals surface area contributed by atoms with Gasteiger partial charge in [-0.3, -0.25) is 9.59 Å². The predicted octanol–water partition coefficient (Wildman–Crippen LogP) is 0.803. The summed E-state index contributed by atoms with van der Waals surface area (Å²) in [6.45, 7) is -0.511. The highest BCUT2D eigenvalue weighted by Gasteiger charge is 2.23. The number of benzene rings is 1. The molecule has 25 heavy (non-hydrogen) atoms. The van der Waals surface area contributed by atoms with Gasteiger partial charge in [0, 0.05) is 25.0 Å². The third-order valence-corrected chi connectivity index (χ3v) is 3.33. The fourth-order valence-corrected chi connectivity index (χ4v) is 2.20. The van der Waals surface area contributed by atoms with Crippen LogP contribution in [-0.4, -0.2) is 52.6 Å². The Bertz CT molecular complexity index is 759. The number of rotatable bonds is 7. The average Bonchev–Trinajstić information content (AvgIpc) is 2.60. The maximum Gasteiger partial charge on any atom is 0.323 e. The van der Waals surface area contributed by atoms with Crippen molar-refractivity contribution in [1.29, 1.82) is 0 Å². The number of nitrogen functional groups attached to an aromatic ring is 1. The highest BCUT2D eigenvalue weighted by molar-refractivity contribution is 5.97. The van der Waals surface area contributed by atoms with E-state index in [0.717, 1.165) is 4.90 Å². The highest BCUT2D eigenvalue weighted by atomic mass is 16.5. The molecule has 0 saturated heterocycles. The van der Waals surface area contributed by atoms with Crippen molar-refractivity contribution in [2.75, 3.05) is 26.5 Å². The number of amides is 1. The molecule has 0 saturated carbocycles. The Kier molecular flexibility index (Phi) is 5.72. The van der Waals surface area contributed by atoms with E-state index in [1.165, 1.54) is 26.6 Å². The molecular weight excluding hydrogens is 328 g/mol. The molecular formula is C16H18N4O5. The molecule has 2 aromatic rings. The van der Waals surface area contributed by atoms with Crippen molar-refractivity contribution < 1.29 is 24.2 Å². The summed E-state index contributed by atoms with van der Waals surface area (Å²) in [5.74, 6) is -0.807. The van der Waals surface area contributed by atoms with E-state index in [1.54, 1.807) is 18.2 Å². The lowest BCUT2D eigenvalue weighted by Crippen LogP contribution is -2.36. The van der Waals surface area contributed by atoms with E-state index in [9.17, 15) is 9.59 Å². The second-order valence-electron chi connectivity index (χ2n) is 5.07. The smallest absolute Gasteiger partial charge is 0.323 e. The lowest BCUT2D eigenvalue weighted by Gasteiger charge is -2.21. The fourth-order valence-electron chi connectivity index (χ4n) is 2.20. The molecule has 0 spiro atoms. The van der Waals surface area contributed by atoms with Crippen LogP contribution in [0.25, 0.3) is 0 Å². The van der Waals surface area contributed by atoms with Gasteiger partial charge in [-0.1, -0.05) is 0 Å². The van der Waals surface area contributed by atoms with Gasteiger partial charge in [0.2, 0.25) is 0 Å². The summed E-state index contributed by atoms with van der Waals surface area (Å²) in [5.41, 5.74) is 6.20. The molecule has 3 N–H and O–H groups in total. The Labute approximate surface area is 144 Å². The minimum atomic E-state index is -1.16. The molecule has 0 unspecified atom stereocenters. The van der Waals surface area contributed by atoms with E-state index < -0.39 is 18.4 Å². The van der Waals surface area contributed by atoms with Gasteiger partial charge in [0.15, 0.2) is 11.5 Å². The van der Waals surface area contributed by atoms with Crippen molar-refractivity contribution in [3.8, 4) is 11.5 Å². The Balaban J connectivity index is 2.34. The molecule has 0 radical (unpaired) electrons. The number of anilines is 1. The lowest BCUT2D eigenvalue weighted by atomic mass is 10.1. The summed E-state index contributed by atoms with van der Waals surface area (Å²) in [5, 5.41) is 9.12. The van der Waals surface area contributed by atoms with Gasteiger partial charge in [0.25, 0.3) is 5.91 Å². The van der Waals surface area contributed by atoms with Gasteiger partial charge in [-0.05, 0) is 17.7 Å². The zero-order valence-electron chi connectivity index (χ0n) is 13.8. The van der Waals surface area contributed by atoms with Crippen LogP contribution in [0.3, 0.4) is 0 Å². The summed E-state index contributed by atoms with van der Waals surface area (Å²) in [4.78, 5) is 32.6. The number of nitrogens with two attached hydrogens (primary N) is 1. The molecule has 0 fully saturated rings. The Morgan fingerprint density at radius 3 is 2.24 bits per heavy atom. The number of hydrogen-bond acceptors (Lipinski definition) is 7. The van der Waals surface area contributed by atoms with Gasteiger partial charge >= 0.3 is 5.97 Å². The van der Waals surface area contributed by atoms with Crippen LogP contribution in [0.2, 0.25) is 0 Å². The molecule has 132 valence electrons. The van der Waals surface area contributed by atoms with Crippen molar-refractivity contribution >= 4 is 17.7 Å². The van der Waals surface area contributed by atoms with E-state index >= 15 is 0 Å². The van der Waals surface area contributed by atoms with Gasteiger partial charge < -0.3 is 25.2 Å². The van der Waals surface area contributed by atoms with Crippen LogP contribution in [0.15, 0.2) is 30.6 Å². The second kappa shape index (κ2) is 7.95. The number of ether oxygens (including phenoxy) is 2. The minimum Gasteiger partial charge on any atom is -0.497 e. The third-order valence-electron chi connectivity index (χ3n) is 3.33. The first-order valence-electron chi connectivity index (χ1n) is 7.24. The van der Waals surface area contributed by atoms with Crippen LogP contribution >= 0.6 is 0 Å². The standard InChI is InChI=1S/C16H18N4O5/c1-24-11-5-10(6-12(7-11)25-2)8-20(9-13(21)22)16(23)14-15(17)19-4-3-18-14/h3-7H,8-9H2,1-2H3,(H2,17,19)(H,21,22). The van der Waals surface area contributed by atoms with Crippen LogP contribution in [0.1, 0.15) is 16.1 Å². The minimum absolute atomic E-state index is 0.00864. The van der Waals surface area contributed by atoms with Crippen molar-refractivity contribution in [2.24, 2.45) is 0 Å². The van der Waals surface area contributed by atoms with Crippen LogP contribution in [0.4, 0.5) is 5.82 Å². The Morgan fingerprint density at radius 1 is 1.12 bits per heavy atom. The number of methoxy groups -OCH3 is 2.